The van der Waals surface area contributed by atoms with Crippen molar-refractivity contribution in [2.24, 2.45) is 0 Å². The van der Waals surface area contributed by atoms with E-state index in [2.05, 4.69) is 16.4 Å². The van der Waals surface area contributed by atoms with E-state index in [1.807, 2.05) is 24.4 Å². The van der Waals surface area contributed by atoms with Crippen LogP contribution in [0.2, 0.25) is 0 Å². The molecule has 17 heavy (non-hydrogen) atoms. The van der Waals surface area contributed by atoms with Crippen molar-refractivity contribution in [3.05, 3.63) is 30.5 Å². The number of benzene rings is 1. The first-order chi connectivity index (χ1) is 8.34. The number of nitrogen functional groups attached to an aromatic ring is 1. The van der Waals surface area contributed by atoms with Gasteiger partial charge in [0.2, 0.25) is 0 Å². The van der Waals surface area contributed by atoms with Gasteiger partial charge in [-0.25, -0.2) is 0 Å². The van der Waals surface area contributed by atoms with Crippen LogP contribution in [0.5, 0.6) is 0 Å². The maximum absolute atomic E-state index is 5.94. The van der Waals surface area contributed by atoms with Crippen LogP contribution in [0.4, 0.5) is 11.4 Å². The minimum atomic E-state index is 0.613. The quantitative estimate of drug-likeness (QED) is 0.775. The summed E-state index contributed by atoms with van der Waals surface area (Å²) in [5, 5.41) is 4.74. The lowest BCUT2D eigenvalue weighted by molar-refractivity contribution is 0.756. The molecule has 0 bridgehead atoms. The second-order valence-electron chi connectivity index (χ2n) is 4.73. The number of anilines is 2. The molecule has 0 amide bonds. The average molecular weight is 227 g/mol. The first-order valence-corrected chi connectivity index (χ1v) is 6.24. The molecule has 3 heteroatoms. The van der Waals surface area contributed by atoms with Gasteiger partial charge in [-0.3, -0.25) is 4.98 Å². The van der Waals surface area contributed by atoms with Crippen molar-refractivity contribution in [2.75, 3.05) is 11.1 Å². The van der Waals surface area contributed by atoms with Crippen LogP contribution in [-0.4, -0.2) is 11.0 Å². The molecule has 0 unspecified atom stereocenters. The Bertz CT molecular complexity index is 530. The monoisotopic (exact) mass is 227 g/mol. The third kappa shape index (κ3) is 1.93. The van der Waals surface area contributed by atoms with Crippen molar-refractivity contribution >= 4 is 22.3 Å². The number of rotatable bonds is 2. The zero-order chi connectivity index (χ0) is 11.7. The normalized spacial score (nSPS) is 16.5. The molecule has 1 fully saturated rings. The Kier molecular flexibility index (Phi) is 2.59. The Hall–Kier alpha value is -1.77. The van der Waals surface area contributed by atoms with Crippen molar-refractivity contribution in [3.63, 3.8) is 0 Å². The average Bonchev–Trinajstić information content (AvgIpc) is 2.83. The SMILES string of the molecule is Nc1cccc2c(NC3CCCC3)ccnc12. The summed E-state index contributed by atoms with van der Waals surface area (Å²) in [5.41, 5.74) is 8.75. The number of hydrogen-bond donors (Lipinski definition) is 2. The molecule has 1 aromatic heterocycles. The molecular formula is C14H17N3. The van der Waals surface area contributed by atoms with Crippen molar-refractivity contribution in [2.45, 2.75) is 31.7 Å². The maximum Gasteiger partial charge on any atom is 0.0951 e. The molecule has 0 radical (unpaired) electrons. The smallest absolute Gasteiger partial charge is 0.0951 e. The third-order valence-electron chi connectivity index (χ3n) is 3.52. The van der Waals surface area contributed by atoms with Gasteiger partial charge in [0.25, 0.3) is 0 Å². The zero-order valence-electron chi connectivity index (χ0n) is 9.82. The Morgan fingerprint density at radius 2 is 2.00 bits per heavy atom. The highest BCUT2D eigenvalue weighted by atomic mass is 14.9. The number of hydrogen-bond acceptors (Lipinski definition) is 3. The Labute approximate surface area is 101 Å². The molecular weight excluding hydrogens is 210 g/mol. The van der Waals surface area contributed by atoms with E-state index in [4.69, 9.17) is 5.73 Å². The Morgan fingerprint density at radius 1 is 1.18 bits per heavy atom. The number of para-hydroxylation sites is 1. The second-order valence-corrected chi connectivity index (χ2v) is 4.73. The molecule has 0 saturated heterocycles. The van der Waals surface area contributed by atoms with Gasteiger partial charge in [0.15, 0.2) is 0 Å². The van der Waals surface area contributed by atoms with Crippen LogP contribution in [0.3, 0.4) is 0 Å². The van der Waals surface area contributed by atoms with E-state index in [1.165, 1.54) is 25.7 Å². The van der Waals surface area contributed by atoms with E-state index in [1.54, 1.807) is 0 Å². The van der Waals surface area contributed by atoms with Crippen molar-refractivity contribution in [3.8, 4) is 0 Å². The maximum atomic E-state index is 5.94. The summed E-state index contributed by atoms with van der Waals surface area (Å²) >= 11 is 0. The van der Waals surface area contributed by atoms with Crippen LogP contribution in [-0.2, 0) is 0 Å². The zero-order valence-corrected chi connectivity index (χ0v) is 9.82. The number of fused-ring (bicyclic) bond motifs is 1. The lowest BCUT2D eigenvalue weighted by Gasteiger charge is -2.15. The molecule has 88 valence electrons. The fourth-order valence-electron chi connectivity index (χ4n) is 2.61. The number of nitrogens with zero attached hydrogens (tertiary/aromatic N) is 1. The highest BCUT2D eigenvalue weighted by Crippen LogP contribution is 2.28. The molecule has 1 aromatic carbocycles. The van der Waals surface area contributed by atoms with Crippen LogP contribution >= 0.6 is 0 Å². The van der Waals surface area contributed by atoms with E-state index in [0.29, 0.717) is 6.04 Å². The van der Waals surface area contributed by atoms with Gasteiger partial charge in [0.1, 0.15) is 0 Å². The molecule has 1 saturated carbocycles. The number of pyridine rings is 1. The molecule has 0 atom stereocenters. The number of nitrogens with two attached hydrogens (primary N) is 1. The van der Waals surface area contributed by atoms with Crippen LogP contribution in [0.15, 0.2) is 30.5 Å². The molecule has 2 aromatic rings. The second kappa shape index (κ2) is 4.24. The summed E-state index contributed by atoms with van der Waals surface area (Å²) < 4.78 is 0. The molecule has 3 N–H and O–H groups in total. The Morgan fingerprint density at radius 3 is 2.82 bits per heavy atom. The standard InChI is InChI=1S/C14H17N3/c15-12-7-3-6-11-13(8-9-16-14(11)12)17-10-4-1-2-5-10/h3,6-10H,1-2,4-5,15H2,(H,16,17). The van der Waals surface area contributed by atoms with E-state index in [9.17, 15) is 0 Å². The molecule has 1 heterocycles. The van der Waals surface area contributed by atoms with Gasteiger partial charge in [-0.15, -0.1) is 0 Å². The third-order valence-corrected chi connectivity index (χ3v) is 3.52. The molecule has 1 aliphatic carbocycles. The number of nitrogens with one attached hydrogen (secondary N) is 1. The van der Waals surface area contributed by atoms with Gasteiger partial charge >= 0.3 is 0 Å². The topological polar surface area (TPSA) is 50.9 Å². The summed E-state index contributed by atoms with van der Waals surface area (Å²) in [7, 11) is 0. The summed E-state index contributed by atoms with van der Waals surface area (Å²) in [5.74, 6) is 0. The van der Waals surface area contributed by atoms with Crippen molar-refractivity contribution in [1.82, 2.24) is 4.98 Å². The van der Waals surface area contributed by atoms with Gasteiger partial charge in [-0.05, 0) is 25.0 Å². The van der Waals surface area contributed by atoms with Gasteiger partial charge < -0.3 is 11.1 Å². The fraction of sp³-hybridized carbons (Fsp3) is 0.357. The molecule has 3 nitrogen and oxygen atoms in total. The van der Waals surface area contributed by atoms with Crippen LogP contribution < -0.4 is 11.1 Å². The summed E-state index contributed by atoms with van der Waals surface area (Å²) in [6.07, 6.45) is 7.04. The van der Waals surface area contributed by atoms with E-state index >= 15 is 0 Å². The van der Waals surface area contributed by atoms with E-state index < -0.39 is 0 Å². The highest BCUT2D eigenvalue weighted by molar-refractivity contribution is 5.97. The van der Waals surface area contributed by atoms with Gasteiger partial charge in [0.05, 0.1) is 11.2 Å². The molecule has 1 aliphatic rings. The number of aromatic nitrogens is 1. The van der Waals surface area contributed by atoms with Crippen molar-refractivity contribution < 1.29 is 0 Å². The van der Waals surface area contributed by atoms with Crippen LogP contribution in [0, 0.1) is 0 Å². The first-order valence-electron chi connectivity index (χ1n) is 6.24. The van der Waals surface area contributed by atoms with Gasteiger partial charge in [0, 0.05) is 23.3 Å². The van der Waals surface area contributed by atoms with Crippen LogP contribution in [0.1, 0.15) is 25.7 Å². The molecule has 3 rings (SSSR count). The predicted molar refractivity (Wildman–Crippen MR) is 72.0 cm³/mol. The molecule has 0 spiro atoms. The first kappa shape index (κ1) is 10.4. The lowest BCUT2D eigenvalue weighted by Crippen LogP contribution is -2.14. The van der Waals surface area contributed by atoms with Gasteiger partial charge in [-0.2, -0.15) is 0 Å². The minimum absolute atomic E-state index is 0.613. The van der Waals surface area contributed by atoms with E-state index in [0.717, 1.165) is 22.3 Å². The van der Waals surface area contributed by atoms with Crippen molar-refractivity contribution in [1.29, 1.82) is 0 Å². The summed E-state index contributed by atoms with van der Waals surface area (Å²) in [6.45, 7) is 0. The predicted octanol–water partition coefficient (Wildman–Crippen LogP) is 3.17. The summed E-state index contributed by atoms with van der Waals surface area (Å²) in [6, 6.07) is 8.62. The largest absolute Gasteiger partial charge is 0.397 e. The van der Waals surface area contributed by atoms with Gasteiger partial charge in [-0.1, -0.05) is 25.0 Å². The lowest BCUT2D eigenvalue weighted by atomic mass is 10.1. The minimum Gasteiger partial charge on any atom is -0.397 e. The van der Waals surface area contributed by atoms with Crippen LogP contribution in [0.25, 0.3) is 10.9 Å². The highest BCUT2D eigenvalue weighted by Gasteiger charge is 2.15. The Balaban J connectivity index is 2.01. The van der Waals surface area contributed by atoms with E-state index in [-0.39, 0.29) is 0 Å². The fourth-order valence-corrected chi connectivity index (χ4v) is 2.61. The summed E-state index contributed by atoms with van der Waals surface area (Å²) in [4.78, 5) is 4.35. The molecule has 0 aliphatic heterocycles.